The summed E-state index contributed by atoms with van der Waals surface area (Å²) in [5, 5.41) is 15.3. The van der Waals surface area contributed by atoms with Crippen LogP contribution in [-0.2, 0) is 19.5 Å². The topological polar surface area (TPSA) is 70.4 Å². The van der Waals surface area contributed by atoms with Crippen LogP contribution in [0.3, 0.4) is 0 Å². The summed E-state index contributed by atoms with van der Waals surface area (Å²) in [6.07, 6.45) is 3.24. The van der Waals surface area contributed by atoms with Crippen LogP contribution in [0.5, 0.6) is 0 Å². The first-order valence-corrected chi connectivity index (χ1v) is 10.0. The highest BCUT2D eigenvalue weighted by Crippen LogP contribution is 2.14. The van der Waals surface area contributed by atoms with E-state index in [1.165, 1.54) is 5.69 Å². The number of guanidine groups is 1. The molecule has 0 fully saturated rings. The number of benzene rings is 1. The molecule has 154 valence electrons. The van der Waals surface area contributed by atoms with Crippen molar-refractivity contribution in [1.29, 1.82) is 0 Å². The summed E-state index contributed by atoms with van der Waals surface area (Å²) >= 11 is 0. The molecule has 0 radical (unpaired) electrons. The zero-order valence-electron chi connectivity index (χ0n) is 16.9. The number of para-hydroxylation sites is 1. The lowest BCUT2D eigenvalue weighted by molar-refractivity contribution is 0.680. The molecule has 0 bridgehead atoms. The van der Waals surface area contributed by atoms with Crippen molar-refractivity contribution < 1.29 is 0 Å². The van der Waals surface area contributed by atoms with E-state index in [0.717, 1.165) is 69.6 Å². The Morgan fingerprint density at radius 1 is 1.18 bits per heavy atom. The van der Waals surface area contributed by atoms with E-state index in [2.05, 4.69) is 79.5 Å². The van der Waals surface area contributed by atoms with Crippen LogP contribution < -0.4 is 15.5 Å². The van der Waals surface area contributed by atoms with Crippen molar-refractivity contribution in [3.8, 4) is 0 Å². The van der Waals surface area contributed by atoms with Gasteiger partial charge in [0.05, 0.1) is 0 Å². The van der Waals surface area contributed by atoms with Crippen LogP contribution in [0, 0.1) is 0 Å². The van der Waals surface area contributed by atoms with E-state index in [1.54, 1.807) is 0 Å². The van der Waals surface area contributed by atoms with Gasteiger partial charge in [-0.25, -0.2) is 4.99 Å². The molecule has 1 aliphatic heterocycles. The predicted molar refractivity (Wildman–Crippen MR) is 126 cm³/mol. The summed E-state index contributed by atoms with van der Waals surface area (Å²) in [4.78, 5) is 7.08. The Bertz CT molecular complexity index is 729. The molecule has 28 heavy (non-hydrogen) atoms. The molecule has 1 aromatic carbocycles. The Labute approximate surface area is 185 Å². The molecule has 0 unspecified atom stereocenters. The number of halogens is 1. The molecule has 3 rings (SSSR count). The number of nitrogens with one attached hydrogen (secondary N) is 2. The third-order valence-electron chi connectivity index (χ3n) is 4.81. The van der Waals surface area contributed by atoms with Gasteiger partial charge >= 0.3 is 0 Å². The minimum Gasteiger partial charge on any atom is -0.372 e. The van der Waals surface area contributed by atoms with Crippen LogP contribution in [-0.4, -0.2) is 46.9 Å². The molecule has 0 atom stereocenters. The van der Waals surface area contributed by atoms with E-state index in [-0.39, 0.29) is 24.0 Å². The lowest BCUT2D eigenvalue weighted by Gasteiger charge is -2.23. The molecule has 8 heteroatoms. The third-order valence-corrected chi connectivity index (χ3v) is 4.81. The van der Waals surface area contributed by atoms with Gasteiger partial charge in [0.2, 0.25) is 0 Å². The second-order valence-electron chi connectivity index (χ2n) is 6.68. The van der Waals surface area contributed by atoms with E-state index >= 15 is 0 Å². The number of nitrogens with zero attached hydrogens (tertiary/aromatic N) is 5. The second kappa shape index (κ2) is 11.9. The Kier molecular flexibility index (Phi) is 9.52. The molecule has 2 aromatic rings. The minimum atomic E-state index is 0. The van der Waals surface area contributed by atoms with Crippen molar-refractivity contribution in [2.45, 2.75) is 46.2 Å². The average molecular weight is 497 g/mol. The van der Waals surface area contributed by atoms with Crippen LogP contribution in [0.1, 0.15) is 38.3 Å². The molecule has 2 heterocycles. The zero-order chi connectivity index (χ0) is 18.9. The fraction of sp³-hybridized carbons (Fsp3) is 0.550. The van der Waals surface area contributed by atoms with E-state index < -0.39 is 0 Å². The molecule has 0 saturated heterocycles. The van der Waals surface area contributed by atoms with Crippen molar-refractivity contribution in [3.63, 3.8) is 0 Å². The number of hydrogen-bond donors (Lipinski definition) is 2. The predicted octanol–water partition coefficient (Wildman–Crippen LogP) is 2.81. The maximum Gasteiger partial charge on any atom is 0.191 e. The number of aryl methyl sites for hydroxylation is 1. The van der Waals surface area contributed by atoms with Gasteiger partial charge in [-0.05, 0) is 38.8 Å². The number of hydrogen-bond acceptors (Lipinski definition) is 4. The van der Waals surface area contributed by atoms with Crippen molar-refractivity contribution in [2.75, 3.05) is 31.1 Å². The quantitative estimate of drug-likeness (QED) is 0.241. The molecule has 7 nitrogen and oxygen atoms in total. The molecular formula is C20H32IN7. The van der Waals surface area contributed by atoms with Crippen LogP contribution in [0.25, 0.3) is 0 Å². The lowest BCUT2D eigenvalue weighted by Crippen LogP contribution is -2.39. The van der Waals surface area contributed by atoms with Gasteiger partial charge < -0.3 is 20.1 Å². The number of fused-ring (bicyclic) bond motifs is 1. The van der Waals surface area contributed by atoms with Crippen molar-refractivity contribution in [2.24, 2.45) is 4.99 Å². The average Bonchev–Trinajstić information content (AvgIpc) is 3.31. The number of rotatable bonds is 9. The molecule has 1 aliphatic rings. The van der Waals surface area contributed by atoms with Gasteiger partial charge in [0, 0.05) is 44.8 Å². The highest BCUT2D eigenvalue weighted by molar-refractivity contribution is 14.0. The van der Waals surface area contributed by atoms with Gasteiger partial charge in [-0.3, -0.25) is 0 Å². The summed E-state index contributed by atoms with van der Waals surface area (Å²) in [6, 6.07) is 10.6. The first-order valence-electron chi connectivity index (χ1n) is 10.0. The smallest absolute Gasteiger partial charge is 0.191 e. The Balaban J connectivity index is 0.00000280. The Morgan fingerprint density at radius 3 is 2.75 bits per heavy atom. The zero-order valence-corrected chi connectivity index (χ0v) is 19.2. The first-order chi connectivity index (χ1) is 13.3. The number of anilines is 1. The molecule has 0 amide bonds. The van der Waals surface area contributed by atoms with Gasteiger partial charge in [0.1, 0.15) is 12.4 Å². The molecule has 2 N–H and O–H groups in total. The normalized spacial score (nSPS) is 13.0. The SMILES string of the molecule is CCNC(=NCc1nnc2n1CCC2)NCCCN(CC)c1ccccc1.I. The van der Waals surface area contributed by atoms with Gasteiger partial charge in [0.15, 0.2) is 11.8 Å². The van der Waals surface area contributed by atoms with Crippen LogP contribution in [0.15, 0.2) is 35.3 Å². The van der Waals surface area contributed by atoms with Gasteiger partial charge in [-0.1, -0.05) is 18.2 Å². The maximum absolute atomic E-state index is 4.69. The van der Waals surface area contributed by atoms with Crippen LogP contribution in [0.4, 0.5) is 5.69 Å². The summed E-state index contributed by atoms with van der Waals surface area (Å²) in [5.74, 6) is 2.90. The Hall–Kier alpha value is -1.84. The number of aliphatic imine (C=N–C) groups is 1. The van der Waals surface area contributed by atoms with Crippen molar-refractivity contribution in [3.05, 3.63) is 42.0 Å². The van der Waals surface area contributed by atoms with Gasteiger partial charge in [-0.15, -0.1) is 34.2 Å². The standard InChI is InChI=1S/C20H31N7.HI/c1-3-21-20(23-16-19-25-24-18-12-8-15-27(18)19)22-13-9-14-26(4-2)17-10-6-5-7-11-17;/h5-7,10-11H,3-4,8-9,12-16H2,1-2H3,(H2,21,22,23);1H. The Morgan fingerprint density at radius 2 is 2.00 bits per heavy atom. The summed E-state index contributed by atoms with van der Waals surface area (Å²) in [6.45, 7) is 9.61. The van der Waals surface area contributed by atoms with Crippen molar-refractivity contribution in [1.82, 2.24) is 25.4 Å². The molecule has 0 spiro atoms. The largest absolute Gasteiger partial charge is 0.372 e. The van der Waals surface area contributed by atoms with Crippen molar-refractivity contribution >= 4 is 35.6 Å². The maximum atomic E-state index is 4.69. The molecular weight excluding hydrogens is 465 g/mol. The van der Waals surface area contributed by atoms with Crippen LogP contribution >= 0.6 is 24.0 Å². The van der Waals surface area contributed by atoms with Crippen LogP contribution in [0.2, 0.25) is 0 Å². The highest BCUT2D eigenvalue weighted by Gasteiger charge is 2.16. The first kappa shape index (κ1) is 22.4. The van der Waals surface area contributed by atoms with Gasteiger partial charge in [-0.2, -0.15) is 0 Å². The highest BCUT2D eigenvalue weighted by atomic mass is 127. The summed E-state index contributed by atoms with van der Waals surface area (Å²) in [7, 11) is 0. The lowest BCUT2D eigenvalue weighted by atomic mass is 10.2. The molecule has 0 aliphatic carbocycles. The second-order valence-corrected chi connectivity index (χ2v) is 6.68. The molecule has 1 aromatic heterocycles. The molecule has 0 saturated carbocycles. The van der Waals surface area contributed by atoms with E-state index in [9.17, 15) is 0 Å². The monoisotopic (exact) mass is 497 g/mol. The third kappa shape index (κ3) is 6.08. The van der Waals surface area contributed by atoms with E-state index in [4.69, 9.17) is 0 Å². The van der Waals surface area contributed by atoms with E-state index in [0.29, 0.717) is 6.54 Å². The van der Waals surface area contributed by atoms with Gasteiger partial charge in [0.25, 0.3) is 0 Å². The summed E-state index contributed by atoms with van der Waals surface area (Å²) < 4.78 is 2.20. The minimum absolute atomic E-state index is 0. The van der Waals surface area contributed by atoms with E-state index in [1.807, 2.05) is 0 Å². The number of aromatic nitrogens is 3. The fourth-order valence-corrected chi connectivity index (χ4v) is 3.40. The fourth-order valence-electron chi connectivity index (χ4n) is 3.40. The summed E-state index contributed by atoms with van der Waals surface area (Å²) in [5.41, 5.74) is 1.28.